The van der Waals surface area contributed by atoms with E-state index in [1.54, 1.807) is 34.9 Å². The van der Waals surface area contributed by atoms with Crippen LogP contribution in [0.2, 0.25) is 0 Å². The molecule has 34 heavy (non-hydrogen) atoms. The Hall–Kier alpha value is -3.94. The van der Waals surface area contributed by atoms with Crippen LogP contribution in [0.25, 0.3) is 22.4 Å². The minimum atomic E-state index is -1.57. The summed E-state index contributed by atoms with van der Waals surface area (Å²) in [5.74, 6) is 0.329. The van der Waals surface area contributed by atoms with Crippen LogP contribution in [0.1, 0.15) is 45.0 Å². The fourth-order valence-electron chi connectivity index (χ4n) is 4.31. The lowest BCUT2D eigenvalue weighted by molar-refractivity contribution is 0.109. The molecule has 4 aromatic rings. The van der Waals surface area contributed by atoms with E-state index in [4.69, 9.17) is 0 Å². The van der Waals surface area contributed by atoms with E-state index in [9.17, 15) is 5.26 Å². The van der Waals surface area contributed by atoms with Gasteiger partial charge in [-0.1, -0.05) is 0 Å². The van der Waals surface area contributed by atoms with Crippen LogP contribution >= 0.6 is 0 Å². The second-order valence-electron chi connectivity index (χ2n) is 9.61. The maximum atomic E-state index is 15.7. The van der Waals surface area contributed by atoms with E-state index in [0.29, 0.717) is 47.0 Å². The van der Waals surface area contributed by atoms with Crippen molar-refractivity contribution in [3.63, 3.8) is 0 Å². The van der Waals surface area contributed by atoms with Crippen molar-refractivity contribution in [1.29, 1.82) is 5.26 Å². The number of anilines is 1. The molecule has 0 aromatic carbocycles. The van der Waals surface area contributed by atoms with Gasteiger partial charge in [0.25, 0.3) is 0 Å². The first-order valence-corrected chi connectivity index (χ1v) is 11.1. The van der Waals surface area contributed by atoms with Crippen molar-refractivity contribution in [2.24, 2.45) is 7.05 Å². The number of hydrogen-bond donors (Lipinski definition) is 0. The number of pyridine rings is 2. The number of halogens is 1. The molecule has 0 atom stereocenters. The molecule has 0 aliphatic carbocycles. The zero-order valence-corrected chi connectivity index (χ0v) is 19.6. The normalized spacial score (nSPS) is 16.1. The maximum Gasteiger partial charge on any atom is 0.201 e. The van der Waals surface area contributed by atoms with Gasteiger partial charge in [0, 0.05) is 50.9 Å². The summed E-state index contributed by atoms with van der Waals surface area (Å²) in [6.45, 7) is 6.88. The zero-order chi connectivity index (χ0) is 24.1. The first-order chi connectivity index (χ1) is 16.2. The van der Waals surface area contributed by atoms with Gasteiger partial charge in [-0.05, 0) is 32.9 Å². The molecule has 1 saturated heterocycles. The highest BCUT2D eigenvalue weighted by atomic mass is 19.1. The molecule has 0 amide bonds. The third-order valence-corrected chi connectivity index (χ3v) is 6.14. The van der Waals surface area contributed by atoms with E-state index < -0.39 is 5.67 Å². The standard InChI is InChI=1S/C23H25FN10/c1-22(2,3)34-30-17-11-16(13-27-20(17)31-34)18-19(15(12-25)5-8-26-18)33-9-6-23(24,7-10-33)21-29-28-14-32(21)4/h5,8,11,13-14H,6-7,9-10H2,1-4H3. The van der Waals surface area contributed by atoms with Crippen molar-refractivity contribution in [3.8, 4) is 17.3 Å². The van der Waals surface area contributed by atoms with Gasteiger partial charge in [0.1, 0.15) is 17.9 Å². The molecule has 174 valence electrons. The fourth-order valence-corrected chi connectivity index (χ4v) is 4.31. The summed E-state index contributed by atoms with van der Waals surface area (Å²) in [5, 5.41) is 26.7. The van der Waals surface area contributed by atoms with Crippen LogP contribution in [0.15, 0.2) is 30.9 Å². The topological polar surface area (TPSA) is 114 Å². The van der Waals surface area contributed by atoms with E-state index in [-0.39, 0.29) is 18.4 Å². The smallest absolute Gasteiger partial charge is 0.201 e. The molecule has 0 bridgehead atoms. The van der Waals surface area contributed by atoms with E-state index in [1.165, 1.54) is 6.33 Å². The number of aryl methyl sites for hydroxylation is 1. The molecule has 0 saturated carbocycles. The van der Waals surface area contributed by atoms with Gasteiger partial charge in [-0.2, -0.15) is 15.2 Å². The fraction of sp³-hybridized carbons (Fsp3) is 0.435. The van der Waals surface area contributed by atoms with Gasteiger partial charge in [0.15, 0.2) is 11.5 Å². The van der Waals surface area contributed by atoms with Crippen molar-refractivity contribution >= 4 is 16.9 Å². The quantitative estimate of drug-likeness (QED) is 0.458. The number of hydrogen-bond acceptors (Lipinski definition) is 8. The number of nitriles is 1. The minimum absolute atomic E-state index is 0.232. The molecule has 0 N–H and O–H groups in total. The summed E-state index contributed by atoms with van der Waals surface area (Å²) >= 11 is 0. The summed E-state index contributed by atoms with van der Waals surface area (Å²) in [4.78, 5) is 12.7. The average Bonchev–Trinajstić information content (AvgIpc) is 3.45. The predicted octanol–water partition coefficient (Wildman–Crippen LogP) is 3.11. The molecule has 5 heterocycles. The number of alkyl halides is 1. The maximum absolute atomic E-state index is 15.7. The highest BCUT2D eigenvalue weighted by molar-refractivity contribution is 5.84. The van der Waals surface area contributed by atoms with Crippen LogP contribution in [0.4, 0.5) is 10.1 Å². The second-order valence-corrected chi connectivity index (χ2v) is 9.61. The molecule has 1 aliphatic heterocycles. The molecule has 4 aromatic heterocycles. The van der Waals surface area contributed by atoms with E-state index >= 15 is 4.39 Å². The molecule has 0 radical (unpaired) electrons. The molecule has 11 heteroatoms. The summed E-state index contributed by atoms with van der Waals surface area (Å²) in [6, 6.07) is 5.83. The third kappa shape index (κ3) is 3.65. The second kappa shape index (κ2) is 7.83. The van der Waals surface area contributed by atoms with Gasteiger partial charge in [-0.25, -0.2) is 9.37 Å². The van der Waals surface area contributed by atoms with Gasteiger partial charge in [-0.3, -0.25) is 4.98 Å². The van der Waals surface area contributed by atoms with Crippen LogP contribution in [-0.4, -0.2) is 52.8 Å². The van der Waals surface area contributed by atoms with E-state index in [0.717, 1.165) is 5.56 Å². The monoisotopic (exact) mass is 460 g/mol. The lowest BCUT2D eigenvalue weighted by Gasteiger charge is -2.37. The van der Waals surface area contributed by atoms with Gasteiger partial charge in [0.05, 0.1) is 22.5 Å². The van der Waals surface area contributed by atoms with E-state index in [1.807, 2.05) is 31.7 Å². The Bertz CT molecular complexity index is 1400. The lowest BCUT2D eigenvalue weighted by Crippen LogP contribution is -2.42. The largest absolute Gasteiger partial charge is 0.368 e. The summed E-state index contributed by atoms with van der Waals surface area (Å²) in [7, 11) is 1.75. The number of aromatic nitrogens is 8. The highest BCUT2D eigenvalue weighted by Gasteiger charge is 2.41. The zero-order valence-electron chi connectivity index (χ0n) is 19.6. The number of fused-ring (bicyclic) bond motifs is 1. The Balaban J connectivity index is 1.52. The van der Waals surface area contributed by atoms with Gasteiger partial charge in [0.2, 0.25) is 5.65 Å². The molecule has 1 aliphatic rings. The summed E-state index contributed by atoms with van der Waals surface area (Å²) in [6.07, 6.45) is 5.28. The van der Waals surface area contributed by atoms with Crippen molar-refractivity contribution in [1.82, 2.24) is 39.7 Å². The molecular weight excluding hydrogens is 435 g/mol. The van der Waals surface area contributed by atoms with Gasteiger partial charge >= 0.3 is 0 Å². The van der Waals surface area contributed by atoms with Crippen molar-refractivity contribution in [3.05, 3.63) is 42.2 Å². The van der Waals surface area contributed by atoms with Crippen LogP contribution in [-0.2, 0) is 18.3 Å². The van der Waals surface area contributed by atoms with Crippen molar-refractivity contribution in [2.75, 3.05) is 18.0 Å². The first kappa shape index (κ1) is 21.9. The van der Waals surface area contributed by atoms with E-state index in [2.05, 4.69) is 36.4 Å². The SMILES string of the molecule is Cn1cnnc1C1(F)CCN(c2c(C#N)ccnc2-c2cnc3nn(C(C)(C)C)nc3c2)CC1. The number of piperidine rings is 1. The van der Waals surface area contributed by atoms with Gasteiger partial charge < -0.3 is 9.47 Å². The first-order valence-electron chi connectivity index (χ1n) is 11.1. The molecule has 0 spiro atoms. The van der Waals surface area contributed by atoms with Crippen LogP contribution in [0.5, 0.6) is 0 Å². The third-order valence-electron chi connectivity index (χ3n) is 6.14. The molecular formula is C23H25FN10. The molecule has 1 fully saturated rings. The lowest BCUT2D eigenvalue weighted by atomic mass is 9.91. The van der Waals surface area contributed by atoms with Crippen LogP contribution in [0.3, 0.4) is 0 Å². The Kier molecular flexibility index (Phi) is 5.04. The predicted molar refractivity (Wildman–Crippen MR) is 124 cm³/mol. The summed E-state index contributed by atoms with van der Waals surface area (Å²) in [5.41, 5.74) is 1.84. The highest BCUT2D eigenvalue weighted by Crippen LogP contribution is 2.40. The average molecular weight is 461 g/mol. The Morgan fingerprint density at radius 3 is 2.56 bits per heavy atom. The summed E-state index contributed by atoms with van der Waals surface area (Å²) < 4.78 is 17.3. The Morgan fingerprint density at radius 1 is 1.15 bits per heavy atom. The number of nitrogens with zero attached hydrogens (tertiary/aromatic N) is 10. The molecule has 0 unspecified atom stereocenters. The molecule has 10 nitrogen and oxygen atoms in total. The van der Waals surface area contributed by atoms with Gasteiger partial charge in [-0.15, -0.1) is 15.3 Å². The number of rotatable bonds is 3. The van der Waals surface area contributed by atoms with Crippen molar-refractivity contribution < 1.29 is 4.39 Å². The van der Waals surface area contributed by atoms with Crippen LogP contribution in [0, 0.1) is 11.3 Å². The minimum Gasteiger partial charge on any atom is -0.368 e. The Morgan fingerprint density at radius 2 is 1.91 bits per heavy atom. The van der Waals surface area contributed by atoms with Crippen LogP contribution < -0.4 is 4.90 Å². The molecule has 5 rings (SSSR count). The van der Waals surface area contributed by atoms with Crippen molar-refractivity contribution in [2.45, 2.75) is 44.8 Å². The Labute approximate surface area is 196 Å².